The van der Waals surface area contributed by atoms with E-state index in [-0.39, 0.29) is 23.7 Å². The molecule has 2 fully saturated rings. The summed E-state index contributed by atoms with van der Waals surface area (Å²) in [7, 11) is 0. The molecule has 120 valence electrons. The molecule has 1 N–H and O–H groups in total. The second-order valence-electron chi connectivity index (χ2n) is 6.36. The number of piperidine rings is 1. The first-order valence-electron chi connectivity index (χ1n) is 7.92. The van der Waals surface area contributed by atoms with E-state index in [1.807, 2.05) is 0 Å². The van der Waals surface area contributed by atoms with Gasteiger partial charge in [0.15, 0.2) is 5.76 Å². The zero-order valence-electron chi connectivity index (χ0n) is 12.7. The molecule has 4 rings (SSSR count). The molecule has 3 heterocycles. The van der Waals surface area contributed by atoms with Crippen LogP contribution in [0.3, 0.4) is 0 Å². The molecule has 5 nitrogen and oxygen atoms in total. The molecule has 6 heteroatoms. The van der Waals surface area contributed by atoms with Crippen LogP contribution in [0.15, 0.2) is 34.9 Å². The summed E-state index contributed by atoms with van der Waals surface area (Å²) >= 11 is 0. The Labute approximate surface area is 133 Å². The lowest BCUT2D eigenvalue weighted by molar-refractivity contribution is 0.0875. The fourth-order valence-electron chi connectivity index (χ4n) is 3.54. The zero-order valence-corrected chi connectivity index (χ0v) is 12.7. The van der Waals surface area contributed by atoms with Crippen LogP contribution < -0.4 is 5.32 Å². The Balaban J connectivity index is 1.44. The van der Waals surface area contributed by atoms with Gasteiger partial charge in [0.1, 0.15) is 5.82 Å². The average molecular weight is 315 g/mol. The van der Waals surface area contributed by atoms with Gasteiger partial charge >= 0.3 is 5.91 Å². The number of rotatable bonds is 3. The molecule has 0 aliphatic carbocycles. The fourth-order valence-corrected chi connectivity index (χ4v) is 3.54. The van der Waals surface area contributed by atoms with E-state index in [1.165, 1.54) is 24.8 Å². The van der Waals surface area contributed by atoms with Gasteiger partial charge in [-0.3, -0.25) is 4.79 Å². The van der Waals surface area contributed by atoms with Gasteiger partial charge in [0.05, 0.1) is 6.20 Å². The van der Waals surface area contributed by atoms with E-state index in [0.717, 1.165) is 26.1 Å². The van der Waals surface area contributed by atoms with E-state index in [1.54, 1.807) is 12.1 Å². The van der Waals surface area contributed by atoms with E-state index < -0.39 is 0 Å². The molecular formula is C17H18FN3O2. The predicted octanol–water partition coefficient (Wildman–Crippen LogP) is 2.30. The smallest absolute Gasteiger partial charge is 0.307 e. The minimum Gasteiger partial charge on any atom is -0.432 e. The van der Waals surface area contributed by atoms with Crippen molar-refractivity contribution >= 4 is 5.91 Å². The van der Waals surface area contributed by atoms with Crippen molar-refractivity contribution in [2.24, 2.45) is 5.92 Å². The Hall–Kier alpha value is -2.21. The number of fused-ring (bicyclic) bond motifs is 2. The Morgan fingerprint density at radius 3 is 2.91 bits per heavy atom. The lowest BCUT2D eigenvalue weighted by Gasteiger charge is -2.30. The largest absolute Gasteiger partial charge is 0.432 e. The van der Waals surface area contributed by atoms with E-state index in [4.69, 9.17) is 4.42 Å². The molecule has 0 spiro atoms. The van der Waals surface area contributed by atoms with Gasteiger partial charge in [-0.15, -0.1) is 0 Å². The quantitative estimate of drug-likeness (QED) is 0.944. The maximum Gasteiger partial charge on any atom is 0.307 e. The summed E-state index contributed by atoms with van der Waals surface area (Å²) < 4.78 is 18.5. The maximum absolute atomic E-state index is 13.0. The SMILES string of the molecule is O=C(N[C@@H]1C[C@@H]2CCN(C2)C1)c1ncc(-c2ccc(F)cc2)o1. The summed E-state index contributed by atoms with van der Waals surface area (Å²) in [5.41, 5.74) is 0.694. The van der Waals surface area contributed by atoms with Gasteiger partial charge in [-0.05, 0) is 49.6 Å². The molecule has 0 radical (unpaired) electrons. The van der Waals surface area contributed by atoms with Gasteiger partial charge < -0.3 is 14.6 Å². The van der Waals surface area contributed by atoms with Gasteiger partial charge in [-0.1, -0.05) is 0 Å². The number of amides is 1. The number of carbonyl (C=O) groups excluding carboxylic acids is 1. The molecular weight excluding hydrogens is 297 g/mol. The Kier molecular flexibility index (Phi) is 3.61. The van der Waals surface area contributed by atoms with Gasteiger partial charge in [0, 0.05) is 24.7 Å². The highest BCUT2D eigenvalue weighted by Gasteiger charge is 2.33. The number of oxazole rings is 1. The number of aromatic nitrogens is 1. The van der Waals surface area contributed by atoms with E-state index in [0.29, 0.717) is 17.2 Å². The van der Waals surface area contributed by atoms with Crippen LogP contribution in [0.4, 0.5) is 4.39 Å². The van der Waals surface area contributed by atoms with Crippen molar-refractivity contribution in [3.05, 3.63) is 42.2 Å². The number of nitrogens with one attached hydrogen (secondary N) is 1. The Morgan fingerprint density at radius 2 is 2.13 bits per heavy atom. The number of nitrogens with zero attached hydrogens (tertiary/aromatic N) is 2. The molecule has 1 aromatic heterocycles. The third-order valence-corrected chi connectivity index (χ3v) is 4.63. The Bertz CT molecular complexity index is 701. The van der Waals surface area contributed by atoms with Crippen LogP contribution in [0.1, 0.15) is 23.5 Å². The van der Waals surface area contributed by atoms with E-state index in [9.17, 15) is 9.18 Å². The highest BCUT2D eigenvalue weighted by atomic mass is 19.1. The topological polar surface area (TPSA) is 58.4 Å². The summed E-state index contributed by atoms with van der Waals surface area (Å²) in [4.78, 5) is 18.7. The second kappa shape index (κ2) is 5.77. The highest BCUT2D eigenvalue weighted by Crippen LogP contribution is 2.27. The summed E-state index contributed by atoms with van der Waals surface area (Å²) in [6, 6.07) is 6.06. The van der Waals surface area contributed by atoms with Crippen LogP contribution in [-0.4, -0.2) is 41.5 Å². The maximum atomic E-state index is 13.0. The van der Waals surface area contributed by atoms with Crippen molar-refractivity contribution in [3.63, 3.8) is 0 Å². The molecule has 0 saturated carbocycles. The van der Waals surface area contributed by atoms with Gasteiger partial charge in [-0.25, -0.2) is 9.37 Å². The van der Waals surface area contributed by atoms with E-state index in [2.05, 4.69) is 15.2 Å². The number of carbonyl (C=O) groups is 1. The van der Waals surface area contributed by atoms with Gasteiger partial charge in [-0.2, -0.15) is 0 Å². The van der Waals surface area contributed by atoms with E-state index >= 15 is 0 Å². The second-order valence-corrected chi connectivity index (χ2v) is 6.36. The first kappa shape index (κ1) is 14.4. The molecule has 3 atom stereocenters. The minimum atomic E-state index is -0.312. The van der Waals surface area contributed by atoms with Gasteiger partial charge in [0.2, 0.25) is 0 Å². The van der Waals surface area contributed by atoms with Crippen LogP contribution in [-0.2, 0) is 0 Å². The molecule has 2 aromatic rings. The molecule has 2 aliphatic rings. The predicted molar refractivity (Wildman–Crippen MR) is 82.3 cm³/mol. The molecule has 2 saturated heterocycles. The van der Waals surface area contributed by atoms with Crippen molar-refractivity contribution < 1.29 is 13.6 Å². The van der Waals surface area contributed by atoms with Crippen LogP contribution in [0.25, 0.3) is 11.3 Å². The van der Waals surface area contributed by atoms with Crippen molar-refractivity contribution in [3.8, 4) is 11.3 Å². The fraction of sp³-hybridized carbons (Fsp3) is 0.412. The van der Waals surface area contributed by atoms with Crippen molar-refractivity contribution in [2.45, 2.75) is 18.9 Å². The molecule has 23 heavy (non-hydrogen) atoms. The van der Waals surface area contributed by atoms with Crippen molar-refractivity contribution in [1.29, 1.82) is 0 Å². The molecule has 1 amide bonds. The number of hydrogen-bond donors (Lipinski definition) is 1. The molecule has 2 bridgehead atoms. The molecule has 2 aliphatic heterocycles. The standard InChI is InChI=1S/C17H18FN3O2/c18-13-3-1-12(2-4-13)15-8-19-17(23-15)16(22)20-14-7-11-5-6-21(9-11)10-14/h1-4,8,11,14H,5-7,9-10H2,(H,20,22)/t11-,14+/m0/s1. The minimum absolute atomic E-state index is 0.0530. The third-order valence-electron chi connectivity index (χ3n) is 4.63. The van der Waals surface area contributed by atoms with Gasteiger partial charge in [0.25, 0.3) is 5.89 Å². The van der Waals surface area contributed by atoms with Crippen LogP contribution in [0.5, 0.6) is 0 Å². The normalized spacial score (nSPS) is 26.2. The van der Waals surface area contributed by atoms with Crippen LogP contribution in [0.2, 0.25) is 0 Å². The average Bonchev–Trinajstić information content (AvgIpc) is 3.15. The summed E-state index contributed by atoms with van der Waals surface area (Å²) in [5.74, 6) is 0.604. The first-order valence-corrected chi connectivity index (χ1v) is 7.92. The first-order chi connectivity index (χ1) is 11.2. The Morgan fingerprint density at radius 1 is 1.30 bits per heavy atom. The molecule has 1 unspecified atom stereocenters. The number of benzene rings is 1. The summed E-state index contributed by atoms with van der Waals surface area (Å²) in [6.45, 7) is 3.18. The zero-order chi connectivity index (χ0) is 15.8. The lowest BCUT2D eigenvalue weighted by atomic mass is 9.97. The summed E-state index contributed by atoms with van der Waals surface area (Å²) in [5, 5.41) is 3.01. The monoisotopic (exact) mass is 315 g/mol. The van der Waals surface area contributed by atoms with Crippen molar-refractivity contribution in [2.75, 3.05) is 19.6 Å². The highest BCUT2D eigenvalue weighted by molar-refractivity contribution is 5.90. The summed E-state index contributed by atoms with van der Waals surface area (Å²) in [6.07, 6.45) is 3.74. The van der Waals surface area contributed by atoms with Crippen molar-refractivity contribution in [1.82, 2.24) is 15.2 Å². The number of hydrogen-bond acceptors (Lipinski definition) is 4. The number of halogens is 1. The third kappa shape index (κ3) is 2.99. The van der Waals surface area contributed by atoms with Crippen LogP contribution >= 0.6 is 0 Å². The van der Waals surface area contributed by atoms with Crippen LogP contribution in [0, 0.1) is 11.7 Å². The molecule has 1 aromatic carbocycles. The lowest BCUT2D eigenvalue weighted by Crippen LogP contribution is -2.47.